The van der Waals surface area contributed by atoms with Crippen molar-refractivity contribution in [3.05, 3.63) is 25.7 Å². The summed E-state index contributed by atoms with van der Waals surface area (Å²) in [7, 11) is 0. The normalized spacial score (nSPS) is 10.2. The molecule has 20 heavy (non-hydrogen) atoms. The number of unbranched alkanes of at least 4 members (excludes halogenated alkanes) is 11. The van der Waals surface area contributed by atoms with Crippen molar-refractivity contribution >= 4 is 0 Å². The minimum absolute atomic E-state index is 0.835. The van der Waals surface area contributed by atoms with Crippen molar-refractivity contribution in [3.8, 4) is 0 Å². The minimum Gasteiger partial charge on any atom is -0.502 e. The molecule has 0 bridgehead atoms. The minimum atomic E-state index is 0.835. The molecule has 0 radical (unpaired) electrons. The predicted molar refractivity (Wildman–Crippen MR) is 87.7 cm³/mol. The molecule has 0 spiro atoms. The van der Waals surface area contributed by atoms with Gasteiger partial charge in [0.05, 0.1) is 25.7 Å². The highest BCUT2D eigenvalue weighted by atomic mass is 16.5. The van der Waals surface area contributed by atoms with Gasteiger partial charge in [0, 0.05) is 0 Å². The molecule has 0 rings (SSSR count). The fourth-order valence-electron chi connectivity index (χ4n) is 2.31. The molecule has 0 aromatic heterocycles. The van der Waals surface area contributed by atoms with Crippen LogP contribution in [0.15, 0.2) is 25.7 Å². The maximum absolute atomic E-state index is 5.10. The molecule has 0 atom stereocenters. The second kappa shape index (κ2) is 18.1. The average molecular weight is 282 g/mol. The zero-order valence-electron chi connectivity index (χ0n) is 13.3. The largest absolute Gasteiger partial charge is 0.502 e. The third kappa shape index (κ3) is 17.1. The van der Waals surface area contributed by atoms with E-state index in [1.54, 1.807) is 0 Å². The van der Waals surface area contributed by atoms with Crippen LogP contribution in [-0.2, 0) is 9.47 Å². The highest BCUT2D eigenvalue weighted by molar-refractivity contribution is 4.52. The van der Waals surface area contributed by atoms with E-state index in [1.165, 1.54) is 89.6 Å². The Bertz CT molecular complexity index is 180. The molecule has 0 aliphatic rings. The Morgan fingerprint density at radius 3 is 0.950 bits per heavy atom. The Morgan fingerprint density at radius 2 is 0.700 bits per heavy atom. The number of ether oxygens (including phenoxy) is 2. The fraction of sp³-hybridized carbons (Fsp3) is 0.778. The smallest absolute Gasteiger partial charge is 0.0873 e. The van der Waals surface area contributed by atoms with Gasteiger partial charge in [0.25, 0.3) is 0 Å². The first-order valence-corrected chi connectivity index (χ1v) is 8.37. The van der Waals surface area contributed by atoms with Crippen LogP contribution in [0.2, 0.25) is 0 Å². The van der Waals surface area contributed by atoms with E-state index < -0.39 is 0 Å². The molecule has 118 valence electrons. The second-order valence-electron chi connectivity index (χ2n) is 5.32. The van der Waals surface area contributed by atoms with Gasteiger partial charge in [-0.05, 0) is 12.8 Å². The zero-order valence-corrected chi connectivity index (χ0v) is 13.3. The third-order valence-electron chi connectivity index (χ3n) is 3.51. The van der Waals surface area contributed by atoms with Crippen LogP contribution in [-0.4, -0.2) is 13.2 Å². The monoisotopic (exact) mass is 282 g/mol. The van der Waals surface area contributed by atoms with E-state index in [0.29, 0.717) is 0 Å². The van der Waals surface area contributed by atoms with Gasteiger partial charge >= 0.3 is 0 Å². The zero-order chi connectivity index (χ0) is 14.7. The van der Waals surface area contributed by atoms with Gasteiger partial charge < -0.3 is 9.47 Å². The van der Waals surface area contributed by atoms with Crippen LogP contribution < -0.4 is 0 Å². The highest BCUT2D eigenvalue weighted by Gasteiger charge is 1.94. The molecule has 0 aliphatic heterocycles. The van der Waals surface area contributed by atoms with Crippen LogP contribution in [0.4, 0.5) is 0 Å². The van der Waals surface area contributed by atoms with Crippen molar-refractivity contribution in [1.29, 1.82) is 0 Å². The SMILES string of the molecule is C=COCCCCCCCCCCCCCCOC=C. The molecule has 0 saturated carbocycles. The molecule has 0 fully saturated rings. The van der Waals surface area contributed by atoms with E-state index in [-0.39, 0.29) is 0 Å². The van der Waals surface area contributed by atoms with Gasteiger partial charge in [-0.2, -0.15) is 0 Å². The third-order valence-corrected chi connectivity index (χ3v) is 3.51. The molecular weight excluding hydrogens is 248 g/mol. The lowest BCUT2D eigenvalue weighted by atomic mass is 10.1. The van der Waals surface area contributed by atoms with E-state index in [2.05, 4.69) is 13.2 Å². The maximum atomic E-state index is 5.10. The standard InChI is InChI=1S/C18H34O2/c1-3-19-17-15-13-11-9-7-5-6-8-10-12-14-16-18-20-4-2/h3-4H,1-2,5-18H2. The predicted octanol–water partition coefficient (Wildman–Crippen LogP) is 5.99. The molecule has 0 aromatic carbocycles. The van der Waals surface area contributed by atoms with Crippen molar-refractivity contribution in [2.24, 2.45) is 0 Å². The summed E-state index contributed by atoms with van der Waals surface area (Å²) in [5.74, 6) is 0. The van der Waals surface area contributed by atoms with Gasteiger partial charge in [-0.15, -0.1) is 0 Å². The van der Waals surface area contributed by atoms with Crippen molar-refractivity contribution in [2.75, 3.05) is 13.2 Å². The number of rotatable bonds is 17. The number of hydrogen-bond acceptors (Lipinski definition) is 2. The quantitative estimate of drug-likeness (QED) is 0.241. The van der Waals surface area contributed by atoms with Crippen molar-refractivity contribution < 1.29 is 9.47 Å². The molecule has 0 amide bonds. The van der Waals surface area contributed by atoms with E-state index in [1.807, 2.05) is 0 Å². The lowest BCUT2D eigenvalue weighted by Gasteiger charge is -2.03. The summed E-state index contributed by atoms with van der Waals surface area (Å²) in [5.41, 5.74) is 0. The number of hydrogen-bond donors (Lipinski definition) is 0. The Morgan fingerprint density at radius 1 is 0.450 bits per heavy atom. The fourth-order valence-corrected chi connectivity index (χ4v) is 2.31. The van der Waals surface area contributed by atoms with Crippen LogP contribution in [0.25, 0.3) is 0 Å². The summed E-state index contributed by atoms with van der Waals surface area (Å²) < 4.78 is 10.2. The highest BCUT2D eigenvalue weighted by Crippen LogP contribution is 2.12. The molecule has 0 unspecified atom stereocenters. The van der Waals surface area contributed by atoms with Crippen molar-refractivity contribution in [3.63, 3.8) is 0 Å². The summed E-state index contributed by atoms with van der Waals surface area (Å²) in [5, 5.41) is 0. The van der Waals surface area contributed by atoms with Gasteiger partial charge in [0.15, 0.2) is 0 Å². The molecular formula is C18H34O2. The van der Waals surface area contributed by atoms with Gasteiger partial charge in [0.2, 0.25) is 0 Å². The first kappa shape index (κ1) is 19.1. The Hall–Kier alpha value is -0.920. The molecule has 2 nitrogen and oxygen atoms in total. The summed E-state index contributed by atoms with van der Waals surface area (Å²) in [6.07, 6.45) is 19.1. The van der Waals surface area contributed by atoms with E-state index in [0.717, 1.165) is 13.2 Å². The topological polar surface area (TPSA) is 18.5 Å². The first-order valence-electron chi connectivity index (χ1n) is 8.37. The van der Waals surface area contributed by atoms with Crippen LogP contribution in [0.1, 0.15) is 77.0 Å². The molecule has 0 aromatic rings. The second-order valence-corrected chi connectivity index (χ2v) is 5.32. The summed E-state index contributed by atoms with van der Waals surface area (Å²) >= 11 is 0. The van der Waals surface area contributed by atoms with Crippen molar-refractivity contribution in [1.82, 2.24) is 0 Å². The van der Waals surface area contributed by atoms with E-state index in [4.69, 9.17) is 9.47 Å². The van der Waals surface area contributed by atoms with E-state index >= 15 is 0 Å². The van der Waals surface area contributed by atoms with E-state index in [9.17, 15) is 0 Å². The Labute approximate surface area is 126 Å². The molecule has 0 aliphatic carbocycles. The van der Waals surface area contributed by atoms with Gasteiger partial charge in [0.1, 0.15) is 0 Å². The van der Waals surface area contributed by atoms with Crippen molar-refractivity contribution in [2.45, 2.75) is 77.0 Å². The van der Waals surface area contributed by atoms with Crippen LogP contribution in [0.5, 0.6) is 0 Å². The molecule has 0 heterocycles. The molecule has 0 N–H and O–H groups in total. The summed E-state index contributed by atoms with van der Waals surface area (Å²) in [4.78, 5) is 0. The van der Waals surface area contributed by atoms with Crippen LogP contribution in [0.3, 0.4) is 0 Å². The summed E-state index contributed by atoms with van der Waals surface area (Å²) in [6.45, 7) is 8.74. The Kier molecular flexibility index (Phi) is 17.2. The first-order chi connectivity index (χ1) is 9.91. The van der Waals surface area contributed by atoms with Gasteiger partial charge in [-0.25, -0.2) is 0 Å². The maximum Gasteiger partial charge on any atom is 0.0873 e. The Balaban J connectivity index is 2.92. The summed E-state index contributed by atoms with van der Waals surface area (Å²) in [6, 6.07) is 0. The molecule has 0 saturated heterocycles. The van der Waals surface area contributed by atoms with Gasteiger partial charge in [-0.3, -0.25) is 0 Å². The van der Waals surface area contributed by atoms with Crippen LogP contribution in [0, 0.1) is 0 Å². The van der Waals surface area contributed by atoms with Gasteiger partial charge in [-0.1, -0.05) is 77.4 Å². The van der Waals surface area contributed by atoms with Crippen LogP contribution >= 0.6 is 0 Å². The molecule has 2 heteroatoms. The lowest BCUT2D eigenvalue weighted by molar-refractivity contribution is 0.241. The average Bonchev–Trinajstić information content (AvgIpc) is 2.47. The lowest BCUT2D eigenvalue weighted by Crippen LogP contribution is -1.88.